The fourth-order valence-corrected chi connectivity index (χ4v) is 3.05. The number of aromatic nitrogens is 1. The maximum atomic E-state index is 5.73. The van der Waals surface area contributed by atoms with Gasteiger partial charge in [-0.2, -0.15) is 0 Å². The number of fused-ring (bicyclic) bond motifs is 1. The Hall–Kier alpha value is -2.59. The molecule has 4 nitrogen and oxygen atoms in total. The molecular weight excluding hydrogens is 298 g/mol. The van der Waals surface area contributed by atoms with Crippen LogP contribution in [-0.4, -0.2) is 19.7 Å². The van der Waals surface area contributed by atoms with Gasteiger partial charge < -0.3 is 10.5 Å². The number of benzene rings is 2. The molecule has 24 heavy (non-hydrogen) atoms. The summed E-state index contributed by atoms with van der Waals surface area (Å²) in [4.78, 5) is 3.52. The molecule has 4 heteroatoms. The highest BCUT2D eigenvalue weighted by molar-refractivity contribution is 6.02. The van der Waals surface area contributed by atoms with Crippen molar-refractivity contribution < 1.29 is 15.5 Å². The van der Waals surface area contributed by atoms with Crippen LogP contribution in [0, 0.1) is 6.92 Å². The van der Waals surface area contributed by atoms with E-state index in [9.17, 15) is 0 Å². The number of pyridine rings is 1. The molecule has 0 saturated heterocycles. The van der Waals surface area contributed by atoms with Crippen molar-refractivity contribution in [2.75, 3.05) is 25.0 Å². The molecule has 3 rings (SSSR count). The average Bonchev–Trinajstić information content (AvgIpc) is 2.60. The molecule has 0 unspecified atom stereocenters. The fourth-order valence-electron chi connectivity index (χ4n) is 3.05. The van der Waals surface area contributed by atoms with Gasteiger partial charge >= 0.3 is 0 Å². The van der Waals surface area contributed by atoms with E-state index < -0.39 is 0 Å². The third-order valence-corrected chi connectivity index (χ3v) is 4.07. The Morgan fingerprint density at radius 3 is 2.58 bits per heavy atom. The minimum atomic E-state index is 0.663. The van der Waals surface area contributed by atoms with Crippen molar-refractivity contribution in [3.8, 4) is 16.9 Å². The highest BCUT2D eigenvalue weighted by Crippen LogP contribution is 2.34. The van der Waals surface area contributed by atoms with Crippen LogP contribution in [0.4, 0.5) is 5.82 Å². The van der Waals surface area contributed by atoms with E-state index in [1.807, 2.05) is 19.1 Å². The second-order valence-electron chi connectivity index (χ2n) is 5.79. The first kappa shape index (κ1) is 16.3. The Labute approximate surface area is 142 Å². The Balaban J connectivity index is 2.25. The molecule has 1 heterocycles. The number of rotatable bonds is 6. The molecule has 5 N–H and O–H groups in total. The Bertz CT molecular complexity index is 831. The van der Waals surface area contributed by atoms with Crippen LogP contribution in [0.5, 0.6) is 5.75 Å². The molecule has 0 aliphatic rings. The van der Waals surface area contributed by atoms with E-state index >= 15 is 0 Å². The van der Waals surface area contributed by atoms with Crippen molar-refractivity contribution in [2.45, 2.75) is 13.8 Å². The first-order valence-corrected chi connectivity index (χ1v) is 8.45. The number of anilines is 1. The summed E-state index contributed by atoms with van der Waals surface area (Å²) in [5.41, 5.74) is 7.46. The van der Waals surface area contributed by atoms with Crippen LogP contribution < -0.4 is 20.8 Å². The molecule has 0 atom stereocenters. The highest BCUT2D eigenvalue weighted by Gasteiger charge is 2.17. The van der Waals surface area contributed by atoms with Crippen LogP contribution in [0.1, 0.15) is 12.6 Å². The van der Waals surface area contributed by atoms with Gasteiger partial charge in [-0.1, -0.05) is 30.3 Å². The molecule has 3 aromatic rings. The third-order valence-electron chi connectivity index (χ3n) is 4.07. The van der Waals surface area contributed by atoms with Crippen molar-refractivity contribution >= 4 is 16.6 Å². The van der Waals surface area contributed by atoms with Gasteiger partial charge in [0.1, 0.15) is 24.5 Å². The van der Waals surface area contributed by atoms with Gasteiger partial charge in [-0.3, -0.25) is 5.32 Å². The van der Waals surface area contributed by atoms with Gasteiger partial charge in [0, 0.05) is 10.9 Å². The van der Waals surface area contributed by atoms with Gasteiger partial charge in [-0.05, 0) is 37.6 Å². The molecule has 0 saturated carbocycles. The quantitative estimate of drug-likeness (QED) is 0.732. The zero-order chi connectivity index (χ0) is 16.9. The van der Waals surface area contributed by atoms with Crippen LogP contribution in [0.15, 0.2) is 48.5 Å². The lowest BCUT2D eigenvalue weighted by Gasteiger charge is -2.12. The average molecular weight is 323 g/mol. The summed E-state index contributed by atoms with van der Waals surface area (Å²) in [6, 6.07) is 16.8. The minimum absolute atomic E-state index is 0.663. The Morgan fingerprint density at radius 1 is 1.08 bits per heavy atom. The number of nitrogens with one attached hydrogen (secondary N) is 2. The summed E-state index contributed by atoms with van der Waals surface area (Å²) in [6.07, 6.45) is 0. The second kappa shape index (κ2) is 7.32. The smallest absolute Gasteiger partial charge is 0.280 e. The summed E-state index contributed by atoms with van der Waals surface area (Å²) in [7, 11) is 0. The molecule has 0 spiro atoms. The maximum Gasteiger partial charge on any atom is 0.280 e. The normalized spacial score (nSPS) is 10.8. The summed E-state index contributed by atoms with van der Waals surface area (Å²) in [5, 5.41) is 5.80. The fraction of sp³-hybridized carbons (Fsp3) is 0.250. The molecule has 1 aromatic heterocycles. The van der Waals surface area contributed by atoms with Gasteiger partial charge in [0.15, 0.2) is 0 Å². The van der Waals surface area contributed by atoms with E-state index in [0.717, 1.165) is 35.7 Å². The standard InChI is InChI=1S/C20H23N3O/c1-3-24-16-9-10-17-18(13-16)19(15-7-5-4-6-8-15)14(2)23-20(17)22-12-11-21/h4-10,13H,3,11-12,21H2,1-2H3,(H,22,23)/p+2. The van der Waals surface area contributed by atoms with E-state index in [1.54, 1.807) is 0 Å². The van der Waals surface area contributed by atoms with Gasteiger partial charge in [0.05, 0.1) is 12.0 Å². The molecule has 0 fully saturated rings. The van der Waals surface area contributed by atoms with E-state index in [0.29, 0.717) is 6.61 Å². The van der Waals surface area contributed by atoms with Crippen LogP contribution >= 0.6 is 0 Å². The molecule has 0 amide bonds. The van der Waals surface area contributed by atoms with Crippen LogP contribution in [0.2, 0.25) is 0 Å². The number of quaternary nitrogens is 1. The van der Waals surface area contributed by atoms with Gasteiger partial charge in [-0.15, -0.1) is 0 Å². The number of hydrogen-bond acceptors (Lipinski definition) is 2. The monoisotopic (exact) mass is 323 g/mol. The SMILES string of the molecule is CCOc1ccc2c(NCC[NH3+])[nH+]c(C)c(-c3ccccc3)c2c1. The first-order chi connectivity index (χ1) is 11.7. The first-order valence-electron chi connectivity index (χ1n) is 8.45. The summed E-state index contributed by atoms with van der Waals surface area (Å²) in [5.74, 6) is 1.93. The maximum absolute atomic E-state index is 5.73. The summed E-state index contributed by atoms with van der Waals surface area (Å²) >= 11 is 0. The Morgan fingerprint density at radius 2 is 1.88 bits per heavy atom. The Kier molecular flexibility index (Phi) is 4.96. The highest BCUT2D eigenvalue weighted by atomic mass is 16.5. The van der Waals surface area contributed by atoms with E-state index in [1.165, 1.54) is 16.5 Å². The molecule has 0 aliphatic heterocycles. The summed E-state index contributed by atoms with van der Waals surface area (Å²) in [6.45, 7) is 6.46. The van der Waals surface area contributed by atoms with E-state index in [4.69, 9.17) is 4.74 Å². The predicted octanol–water partition coefficient (Wildman–Crippen LogP) is 2.68. The van der Waals surface area contributed by atoms with Gasteiger partial charge in [-0.25, -0.2) is 4.98 Å². The molecule has 0 bridgehead atoms. The number of ether oxygens (including phenoxy) is 1. The van der Waals surface area contributed by atoms with Crippen LogP contribution in [0.25, 0.3) is 21.9 Å². The van der Waals surface area contributed by atoms with Crippen molar-refractivity contribution in [3.05, 3.63) is 54.2 Å². The molecule has 124 valence electrons. The van der Waals surface area contributed by atoms with Gasteiger partial charge in [0.2, 0.25) is 0 Å². The van der Waals surface area contributed by atoms with E-state index in [-0.39, 0.29) is 0 Å². The van der Waals surface area contributed by atoms with Crippen LogP contribution in [0.3, 0.4) is 0 Å². The second-order valence-corrected chi connectivity index (χ2v) is 5.79. The number of aromatic amines is 1. The number of H-pyrrole nitrogens is 1. The van der Waals surface area contributed by atoms with Crippen molar-refractivity contribution in [3.63, 3.8) is 0 Å². The van der Waals surface area contributed by atoms with Gasteiger partial charge in [0.25, 0.3) is 5.82 Å². The zero-order valence-electron chi connectivity index (χ0n) is 14.4. The molecule has 0 aliphatic carbocycles. The third kappa shape index (κ3) is 3.19. The lowest BCUT2D eigenvalue weighted by atomic mass is 9.97. The molecular formula is C20H25N3O+2. The zero-order valence-corrected chi connectivity index (χ0v) is 14.4. The lowest BCUT2D eigenvalue weighted by molar-refractivity contribution is -0.373. The van der Waals surface area contributed by atoms with Crippen molar-refractivity contribution in [2.24, 2.45) is 0 Å². The molecule has 0 radical (unpaired) electrons. The lowest BCUT2D eigenvalue weighted by Crippen LogP contribution is -2.53. The predicted molar refractivity (Wildman–Crippen MR) is 98.1 cm³/mol. The van der Waals surface area contributed by atoms with Crippen molar-refractivity contribution in [1.82, 2.24) is 0 Å². The topological polar surface area (TPSA) is 63.0 Å². The number of hydrogen-bond donors (Lipinski definition) is 2. The summed E-state index contributed by atoms with van der Waals surface area (Å²) < 4.78 is 5.73. The van der Waals surface area contributed by atoms with E-state index in [2.05, 4.69) is 59.4 Å². The largest absolute Gasteiger partial charge is 0.494 e. The minimum Gasteiger partial charge on any atom is -0.494 e. The number of aryl methyl sites for hydroxylation is 1. The van der Waals surface area contributed by atoms with Crippen molar-refractivity contribution in [1.29, 1.82) is 0 Å². The molecule has 2 aromatic carbocycles. The van der Waals surface area contributed by atoms with Crippen LogP contribution in [-0.2, 0) is 0 Å².